The number of amides is 2. The molecule has 128 valence electrons. The lowest BCUT2D eigenvalue weighted by atomic mass is 10.1. The van der Waals surface area contributed by atoms with E-state index in [0.717, 1.165) is 23.3 Å². The fourth-order valence-electron chi connectivity index (χ4n) is 2.37. The van der Waals surface area contributed by atoms with Crippen molar-refractivity contribution in [1.29, 1.82) is 0 Å². The Balaban J connectivity index is 1.53. The average Bonchev–Trinajstić information content (AvgIpc) is 3.23. The van der Waals surface area contributed by atoms with Crippen molar-refractivity contribution in [3.8, 4) is 0 Å². The first kappa shape index (κ1) is 16.9. The highest BCUT2D eigenvalue weighted by molar-refractivity contribution is 7.15. The Morgan fingerprint density at radius 1 is 1.46 bits per heavy atom. The molecule has 1 saturated carbocycles. The Morgan fingerprint density at radius 2 is 2.25 bits per heavy atom. The number of thiazole rings is 1. The van der Waals surface area contributed by atoms with E-state index in [9.17, 15) is 14.3 Å². The van der Waals surface area contributed by atoms with E-state index in [1.807, 2.05) is 6.07 Å². The van der Waals surface area contributed by atoms with E-state index in [2.05, 4.69) is 15.6 Å². The number of rotatable bonds is 6. The number of benzene rings is 1. The van der Waals surface area contributed by atoms with Crippen molar-refractivity contribution in [2.75, 3.05) is 18.5 Å². The number of aryl methyl sites for hydroxylation is 1. The van der Waals surface area contributed by atoms with E-state index >= 15 is 0 Å². The van der Waals surface area contributed by atoms with E-state index in [1.54, 1.807) is 19.2 Å². The van der Waals surface area contributed by atoms with Crippen LogP contribution in [-0.2, 0) is 6.42 Å². The Labute approximate surface area is 143 Å². The van der Waals surface area contributed by atoms with Crippen LogP contribution in [0.3, 0.4) is 0 Å². The van der Waals surface area contributed by atoms with Crippen molar-refractivity contribution in [3.63, 3.8) is 0 Å². The molecule has 0 spiro atoms. The molecule has 1 aliphatic rings. The molecule has 5 nitrogen and oxygen atoms in total. The summed E-state index contributed by atoms with van der Waals surface area (Å²) >= 11 is 1.37. The molecule has 1 fully saturated rings. The molecule has 0 saturated heterocycles. The van der Waals surface area contributed by atoms with Gasteiger partial charge in [0.15, 0.2) is 5.13 Å². The highest BCUT2D eigenvalue weighted by Gasteiger charge is 2.42. The molecule has 1 aromatic heterocycles. The van der Waals surface area contributed by atoms with E-state index < -0.39 is 0 Å². The monoisotopic (exact) mass is 349 g/mol. The summed E-state index contributed by atoms with van der Waals surface area (Å²) in [7, 11) is 0. The number of anilines is 1. The summed E-state index contributed by atoms with van der Waals surface area (Å²) in [6.45, 7) is 2.30. The van der Waals surface area contributed by atoms with Gasteiger partial charge in [0.05, 0.1) is 6.61 Å². The van der Waals surface area contributed by atoms with E-state index in [4.69, 9.17) is 0 Å². The van der Waals surface area contributed by atoms with Gasteiger partial charge in [-0.25, -0.2) is 14.2 Å². The predicted molar refractivity (Wildman–Crippen MR) is 91.8 cm³/mol. The van der Waals surface area contributed by atoms with E-state index in [1.165, 1.54) is 17.4 Å². The summed E-state index contributed by atoms with van der Waals surface area (Å²) in [5.74, 6) is -0.215. The summed E-state index contributed by atoms with van der Waals surface area (Å²) in [6.07, 6.45) is 4.15. The summed E-state index contributed by atoms with van der Waals surface area (Å²) in [5.41, 5.74) is 1.37. The smallest absolute Gasteiger partial charge is 0.321 e. The first-order chi connectivity index (χ1) is 11.5. The molecule has 2 aromatic rings. The maximum absolute atomic E-state index is 13.6. The minimum Gasteiger partial charge on any atom is -0.396 e. The van der Waals surface area contributed by atoms with Gasteiger partial charge in [-0.05, 0) is 37.0 Å². The third kappa shape index (κ3) is 4.10. The van der Waals surface area contributed by atoms with Crippen molar-refractivity contribution in [1.82, 2.24) is 10.3 Å². The SMILES string of the molecule is Cc1ccc(Cc2cnc(NC(=O)NCC3(CO)CC3)s2)cc1F. The van der Waals surface area contributed by atoms with Crippen LogP contribution in [0.1, 0.15) is 28.8 Å². The van der Waals surface area contributed by atoms with Gasteiger partial charge in [0, 0.05) is 29.5 Å². The summed E-state index contributed by atoms with van der Waals surface area (Å²) in [5, 5.41) is 15.2. The van der Waals surface area contributed by atoms with Crippen LogP contribution in [0.5, 0.6) is 0 Å². The molecule has 3 N–H and O–H groups in total. The molecular weight excluding hydrogens is 329 g/mol. The molecule has 0 aliphatic heterocycles. The van der Waals surface area contributed by atoms with Crippen molar-refractivity contribution in [3.05, 3.63) is 46.2 Å². The minimum atomic E-state index is -0.322. The van der Waals surface area contributed by atoms with Crippen molar-refractivity contribution < 1.29 is 14.3 Å². The molecule has 0 bridgehead atoms. The van der Waals surface area contributed by atoms with Crippen LogP contribution in [0.2, 0.25) is 0 Å². The van der Waals surface area contributed by atoms with Gasteiger partial charge >= 0.3 is 6.03 Å². The predicted octanol–water partition coefficient (Wildman–Crippen LogP) is 3.08. The molecule has 24 heavy (non-hydrogen) atoms. The number of aliphatic hydroxyl groups excluding tert-OH is 1. The number of hydrogen-bond donors (Lipinski definition) is 3. The summed E-state index contributed by atoms with van der Waals surface area (Å²) in [4.78, 5) is 17.0. The molecule has 7 heteroatoms. The highest BCUT2D eigenvalue weighted by atomic mass is 32.1. The summed E-state index contributed by atoms with van der Waals surface area (Å²) in [6, 6.07) is 4.85. The van der Waals surface area contributed by atoms with Crippen LogP contribution in [0.4, 0.5) is 14.3 Å². The highest BCUT2D eigenvalue weighted by Crippen LogP contribution is 2.44. The van der Waals surface area contributed by atoms with E-state index in [0.29, 0.717) is 23.7 Å². The van der Waals surface area contributed by atoms with Crippen LogP contribution in [-0.4, -0.2) is 29.3 Å². The average molecular weight is 349 g/mol. The van der Waals surface area contributed by atoms with Gasteiger partial charge in [0.1, 0.15) is 5.82 Å². The number of carbonyl (C=O) groups is 1. The Hall–Kier alpha value is -1.99. The van der Waals surface area contributed by atoms with Gasteiger partial charge in [-0.1, -0.05) is 12.1 Å². The number of aliphatic hydroxyl groups is 1. The lowest BCUT2D eigenvalue weighted by molar-refractivity contribution is 0.206. The Kier molecular flexibility index (Phi) is 4.82. The van der Waals surface area contributed by atoms with Gasteiger partial charge in [0.25, 0.3) is 0 Å². The van der Waals surface area contributed by atoms with Gasteiger partial charge in [-0.15, -0.1) is 11.3 Å². The number of nitrogens with one attached hydrogen (secondary N) is 2. The minimum absolute atomic E-state index is 0.0990. The maximum atomic E-state index is 13.6. The largest absolute Gasteiger partial charge is 0.396 e. The quantitative estimate of drug-likeness (QED) is 0.750. The number of aromatic nitrogens is 1. The van der Waals surface area contributed by atoms with Gasteiger partial charge in [0.2, 0.25) is 0 Å². The normalized spacial score (nSPS) is 15.1. The molecule has 0 atom stereocenters. The topological polar surface area (TPSA) is 74.2 Å². The lowest BCUT2D eigenvalue weighted by Crippen LogP contribution is -2.35. The van der Waals surface area contributed by atoms with E-state index in [-0.39, 0.29) is 23.9 Å². The first-order valence-electron chi connectivity index (χ1n) is 7.85. The Morgan fingerprint density at radius 3 is 2.92 bits per heavy atom. The molecule has 1 aromatic carbocycles. The van der Waals surface area contributed by atoms with Crippen molar-refractivity contribution in [2.24, 2.45) is 5.41 Å². The zero-order chi connectivity index (χ0) is 17.2. The van der Waals surface area contributed by atoms with Gasteiger partial charge in [-0.3, -0.25) is 5.32 Å². The second-order valence-corrected chi connectivity index (χ2v) is 7.47. The number of urea groups is 1. The third-order valence-corrected chi connectivity index (χ3v) is 5.22. The number of hydrogen-bond acceptors (Lipinski definition) is 4. The lowest BCUT2D eigenvalue weighted by Gasteiger charge is -2.12. The van der Waals surface area contributed by atoms with Crippen LogP contribution < -0.4 is 10.6 Å². The number of nitrogens with zero attached hydrogens (tertiary/aromatic N) is 1. The zero-order valence-electron chi connectivity index (χ0n) is 13.4. The van der Waals surface area contributed by atoms with Crippen molar-refractivity contribution in [2.45, 2.75) is 26.2 Å². The third-order valence-electron chi connectivity index (χ3n) is 4.31. The maximum Gasteiger partial charge on any atom is 0.321 e. The fraction of sp³-hybridized carbons (Fsp3) is 0.412. The molecule has 2 amide bonds. The molecule has 0 unspecified atom stereocenters. The Bertz CT molecular complexity index is 743. The second kappa shape index (κ2) is 6.86. The zero-order valence-corrected chi connectivity index (χ0v) is 14.3. The van der Waals surface area contributed by atoms with Crippen molar-refractivity contribution >= 4 is 22.5 Å². The molecule has 3 rings (SSSR count). The molecule has 1 aliphatic carbocycles. The van der Waals surface area contributed by atoms with Crippen LogP contribution in [0.15, 0.2) is 24.4 Å². The molecular formula is C17H20FN3O2S. The molecule has 0 radical (unpaired) electrons. The summed E-state index contributed by atoms with van der Waals surface area (Å²) < 4.78 is 13.6. The van der Waals surface area contributed by atoms with Gasteiger partial charge < -0.3 is 10.4 Å². The van der Waals surface area contributed by atoms with Crippen LogP contribution >= 0.6 is 11.3 Å². The van der Waals surface area contributed by atoms with Crippen LogP contribution in [0, 0.1) is 18.2 Å². The number of carbonyl (C=O) groups excluding carboxylic acids is 1. The second-order valence-electron chi connectivity index (χ2n) is 6.36. The number of halogens is 1. The van der Waals surface area contributed by atoms with Crippen LogP contribution in [0.25, 0.3) is 0 Å². The standard InChI is InChI=1S/C17H20FN3O2S/c1-11-2-3-12(7-14(11)18)6-13-8-19-16(24-13)21-15(23)20-9-17(10-22)4-5-17/h2-3,7-8,22H,4-6,9-10H2,1H3,(H2,19,20,21,23). The first-order valence-corrected chi connectivity index (χ1v) is 8.67. The molecule has 1 heterocycles. The van der Waals surface area contributed by atoms with Gasteiger partial charge in [-0.2, -0.15) is 0 Å². The fourth-order valence-corrected chi connectivity index (χ4v) is 3.21.